The number of rotatable bonds is 10. The van der Waals surface area contributed by atoms with E-state index in [1.54, 1.807) is 0 Å². The molecular formula is C24H34FN3O. The molecule has 1 aromatic heterocycles. The van der Waals surface area contributed by atoms with E-state index in [9.17, 15) is 9.18 Å². The number of carbonyl (C=O) groups is 1. The fourth-order valence-corrected chi connectivity index (χ4v) is 4.12. The van der Waals surface area contributed by atoms with Crippen LogP contribution in [0.2, 0.25) is 0 Å². The molecule has 1 N–H and O–H groups in total. The average Bonchev–Trinajstić information content (AvgIpc) is 3.18. The minimum atomic E-state index is -0.217. The molecular weight excluding hydrogens is 365 g/mol. The van der Waals surface area contributed by atoms with E-state index < -0.39 is 0 Å². The first-order valence-electron chi connectivity index (χ1n) is 11.1. The van der Waals surface area contributed by atoms with Crippen molar-refractivity contribution in [1.82, 2.24) is 14.8 Å². The zero-order chi connectivity index (χ0) is 20.5. The maximum Gasteiger partial charge on any atom is 0.237 e. The second kappa shape index (κ2) is 11.1. The zero-order valence-corrected chi connectivity index (χ0v) is 17.6. The fraction of sp³-hybridized carbons (Fsp3) is 0.542. The lowest BCUT2D eigenvalue weighted by Crippen LogP contribution is -2.45. The Bertz CT molecular complexity index is 750. The summed E-state index contributed by atoms with van der Waals surface area (Å²) in [6, 6.07) is 11.1. The lowest BCUT2D eigenvalue weighted by Gasteiger charge is -2.35. The largest absolute Gasteiger partial charge is 0.345 e. The van der Waals surface area contributed by atoms with Gasteiger partial charge in [-0.2, -0.15) is 0 Å². The second-order valence-corrected chi connectivity index (χ2v) is 8.10. The van der Waals surface area contributed by atoms with Crippen LogP contribution in [0.3, 0.4) is 0 Å². The van der Waals surface area contributed by atoms with E-state index in [0.717, 1.165) is 43.5 Å². The van der Waals surface area contributed by atoms with Crippen LogP contribution in [0.15, 0.2) is 42.6 Å². The summed E-state index contributed by atoms with van der Waals surface area (Å²) in [6.07, 6.45) is 10.1. The molecule has 0 aliphatic heterocycles. The molecule has 0 unspecified atom stereocenters. The predicted molar refractivity (Wildman–Crippen MR) is 115 cm³/mol. The standard InChI is InChI=1S/C24H34FN3O/c1-2-3-15-26-17-24(29)28(22-8-5-4-6-9-22)19-23-10-7-16-27(23)18-20-11-13-21(25)14-12-20/h7,10-14,16,22,26H,2-6,8-9,15,17-19H2,1H3. The number of halogens is 1. The molecule has 1 aliphatic rings. The molecule has 1 heterocycles. The molecule has 4 nitrogen and oxygen atoms in total. The number of amides is 1. The summed E-state index contributed by atoms with van der Waals surface area (Å²) in [6.45, 7) is 4.78. The van der Waals surface area contributed by atoms with Crippen molar-refractivity contribution in [3.63, 3.8) is 0 Å². The Morgan fingerprint density at radius 2 is 1.93 bits per heavy atom. The zero-order valence-electron chi connectivity index (χ0n) is 17.6. The number of hydrogen-bond acceptors (Lipinski definition) is 2. The summed E-state index contributed by atoms with van der Waals surface area (Å²) < 4.78 is 15.4. The summed E-state index contributed by atoms with van der Waals surface area (Å²) in [5, 5.41) is 3.31. The highest BCUT2D eigenvalue weighted by molar-refractivity contribution is 5.78. The van der Waals surface area contributed by atoms with Gasteiger partial charge < -0.3 is 14.8 Å². The number of unbranched alkanes of at least 4 members (excludes halogenated alkanes) is 1. The molecule has 158 valence electrons. The molecule has 3 rings (SSSR count). The van der Waals surface area contributed by atoms with Crippen molar-refractivity contribution in [2.24, 2.45) is 0 Å². The molecule has 29 heavy (non-hydrogen) atoms. The minimum absolute atomic E-state index is 0.197. The van der Waals surface area contributed by atoms with Gasteiger partial charge in [-0.05, 0) is 55.6 Å². The van der Waals surface area contributed by atoms with Crippen LogP contribution in [0.4, 0.5) is 4.39 Å². The SMILES string of the molecule is CCCCNCC(=O)N(Cc1cccn1Cc1ccc(F)cc1)C1CCCCC1. The van der Waals surface area contributed by atoms with Crippen molar-refractivity contribution in [2.75, 3.05) is 13.1 Å². The number of nitrogens with one attached hydrogen (secondary N) is 1. The van der Waals surface area contributed by atoms with Crippen LogP contribution in [0.1, 0.15) is 63.1 Å². The Morgan fingerprint density at radius 3 is 2.66 bits per heavy atom. The quantitative estimate of drug-likeness (QED) is 0.587. The van der Waals surface area contributed by atoms with Gasteiger partial charge in [0.15, 0.2) is 0 Å². The van der Waals surface area contributed by atoms with E-state index in [0.29, 0.717) is 25.7 Å². The number of nitrogens with zero attached hydrogens (tertiary/aromatic N) is 2. The van der Waals surface area contributed by atoms with Gasteiger partial charge in [0.05, 0.1) is 13.1 Å². The van der Waals surface area contributed by atoms with Crippen LogP contribution in [-0.2, 0) is 17.9 Å². The van der Waals surface area contributed by atoms with Gasteiger partial charge in [-0.1, -0.05) is 44.7 Å². The van der Waals surface area contributed by atoms with Crippen LogP contribution in [-0.4, -0.2) is 34.5 Å². The van der Waals surface area contributed by atoms with Gasteiger partial charge in [-0.3, -0.25) is 4.79 Å². The van der Waals surface area contributed by atoms with Crippen molar-refractivity contribution in [3.05, 3.63) is 59.7 Å². The van der Waals surface area contributed by atoms with Gasteiger partial charge in [-0.15, -0.1) is 0 Å². The number of hydrogen-bond donors (Lipinski definition) is 1. The topological polar surface area (TPSA) is 37.3 Å². The van der Waals surface area contributed by atoms with Gasteiger partial charge >= 0.3 is 0 Å². The van der Waals surface area contributed by atoms with Crippen LogP contribution < -0.4 is 5.32 Å². The third-order valence-corrected chi connectivity index (χ3v) is 5.84. The molecule has 5 heteroatoms. The van der Waals surface area contributed by atoms with Crippen LogP contribution >= 0.6 is 0 Å². The summed E-state index contributed by atoms with van der Waals surface area (Å²) in [7, 11) is 0. The third-order valence-electron chi connectivity index (χ3n) is 5.84. The van der Waals surface area contributed by atoms with Gasteiger partial charge in [0.25, 0.3) is 0 Å². The van der Waals surface area contributed by atoms with Gasteiger partial charge in [-0.25, -0.2) is 4.39 Å². The first kappa shape index (κ1) is 21.6. The molecule has 1 amide bonds. The van der Waals surface area contributed by atoms with Crippen molar-refractivity contribution < 1.29 is 9.18 Å². The number of carbonyl (C=O) groups excluding carboxylic acids is 1. The van der Waals surface area contributed by atoms with Gasteiger partial charge in [0.1, 0.15) is 5.82 Å². The maximum atomic E-state index is 13.2. The smallest absolute Gasteiger partial charge is 0.237 e. The Kier molecular flexibility index (Phi) is 8.29. The van der Waals surface area contributed by atoms with Crippen molar-refractivity contribution in [1.29, 1.82) is 0 Å². The Labute approximate surface area is 174 Å². The molecule has 0 saturated heterocycles. The lowest BCUT2D eigenvalue weighted by molar-refractivity contribution is -0.134. The van der Waals surface area contributed by atoms with E-state index in [2.05, 4.69) is 27.8 Å². The Balaban J connectivity index is 1.69. The average molecular weight is 400 g/mol. The van der Waals surface area contributed by atoms with E-state index in [1.165, 1.54) is 31.4 Å². The molecule has 0 bridgehead atoms. The summed E-state index contributed by atoms with van der Waals surface area (Å²) in [4.78, 5) is 15.1. The minimum Gasteiger partial charge on any atom is -0.345 e. The summed E-state index contributed by atoms with van der Waals surface area (Å²) >= 11 is 0. The predicted octanol–water partition coefficient (Wildman–Crippen LogP) is 4.73. The molecule has 1 aliphatic carbocycles. The van der Waals surface area contributed by atoms with Crippen molar-refractivity contribution in [2.45, 2.75) is 71.0 Å². The fourth-order valence-electron chi connectivity index (χ4n) is 4.12. The van der Waals surface area contributed by atoms with Crippen LogP contribution in [0.5, 0.6) is 0 Å². The molecule has 0 radical (unpaired) electrons. The molecule has 0 spiro atoms. The molecule has 2 aromatic rings. The second-order valence-electron chi connectivity index (χ2n) is 8.10. The van der Waals surface area contributed by atoms with Crippen molar-refractivity contribution in [3.8, 4) is 0 Å². The number of aromatic nitrogens is 1. The highest BCUT2D eigenvalue weighted by Crippen LogP contribution is 2.24. The van der Waals surface area contributed by atoms with Crippen LogP contribution in [0, 0.1) is 5.82 Å². The first-order valence-corrected chi connectivity index (χ1v) is 11.1. The third kappa shape index (κ3) is 6.43. The molecule has 1 fully saturated rings. The lowest BCUT2D eigenvalue weighted by atomic mass is 9.94. The van der Waals surface area contributed by atoms with E-state index in [1.807, 2.05) is 24.4 Å². The van der Waals surface area contributed by atoms with Gasteiger partial charge in [0, 0.05) is 24.5 Å². The Hall–Kier alpha value is -2.14. The molecule has 1 saturated carbocycles. The maximum absolute atomic E-state index is 13.2. The van der Waals surface area contributed by atoms with E-state index >= 15 is 0 Å². The van der Waals surface area contributed by atoms with E-state index in [-0.39, 0.29) is 11.7 Å². The molecule has 0 atom stereocenters. The highest BCUT2D eigenvalue weighted by atomic mass is 19.1. The van der Waals surface area contributed by atoms with Gasteiger partial charge in [0.2, 0.25) is 5.91 Å². The highest BCUT2D eigenvalue weighted by Gasteiger charge is 2.26. The van der Waals surface area contributed by atoms with E-state index in [4.69, 9.17) is 0 Å². The molecule has 1 aromatic carbocycles. The number of benzene rings is 1. The summed E-state index contributed by atoms with van der Waals surface area (Å²) in [5.74, 6) is -0.0198. The first-order chi connectivity index (χ1) is 14.2. The summed E-state index contributed by atoms with van der Waals surface area (Å²) in [5.41, 5.74) is 2.18. The Morgan fingerprint density at radius 1 is 1.17 bits per heavy atom. The van der Waals surface area contributed by atoms with Crippen LogP contribution in [0.25, 0.3) is 0 Å². The monoisotopic (exact) mass is 399 g/mol. The normalized spacial score (nSPS) is 14.8. The van der Waals surface area contributed by atoms with Crippen molar-refractivity contribution >= 4 is 5.91 Å².